The lowest BCUT2D eigenvalue weighted by atomic mass is 9.97. The lowest BCUT2D eigenvalue weighted by Gasteiger charge is -2.25. The normalized spacial score (nSPS) is 12.6. The van der Waals surface area contributed by atoms with Gasteiger partial charge in [0.15, 0.2) is 11.5 Å². The van der Waals surface area contributed by atoms with Crippen molar-refractivity contribution in [1.29, 1.82) is 0 Å². The quantitative estimate of drug-likeness (QED) is 0.352. The number of benzene rings is 2. The van der Waals surface area contributed by atoms with Crippen LogP contribution >= 0.6 is 0 Å². The number of aromatic nitrogens is 5. The Kier molecular flexibility index (Phi) is 7.54. The molecule has 0 aliphatic carbocycles. The summed E-state index contributed by atoms with van der Waals surface area (Å²) in [5.41, 5.74) is 7.04. The van der Waals surface area contributed by atoms with Crippen LogP contribution in [-0.2, 0) is 19.5 Å². The fourth-order valence-electron chi connectivity index (χ4n) is 5.22. The highest BCUT2D eigenvalue weighted by Crippen LogP contribution is 2.37. The number of aryl methyl sites for hydroxylation is 4. The molecule has 1 aliphatic rings. The molecule has 11 heteroatoms. The number of rotatable bonds is 8. The smallest absolute Gasteiger partial charge is 0.330 e. The van der Waals surface area contributed by atoms with Gasteiger partial charge >= 0.3 is 5.69 Å². The van der Waals surface area contributed by atoms with Gasteiger partial charge in [0, 0.05) is 31.3 Å². The predicted octanol–water partition coefficient (Wildman–Crippen LogP) is 2.99. The van der Waals surface area contributed by atoms with E-state index in [4.69, 9.17) is 14.5 Å². The third-order valence-electron chi connectivity index (χ3n) is 6.98. The fourth-order valence-corrected chi connectivity index (χ4v) is 5.22. The molecule has 0 unspecified atom stereocenters. The van der Waals surface area contributed by atoms with Gasteiger partial charge in [-0.1, -0.05) is 17.7 Å². The van der Waals surface area contributed by atoms with Gasteiger partial charge in [0.05, 0.1) is 25.1 Å². The van der Waals surface area contributed by atoms with Crippen LogP contribution in [0.4, 0.5) is 5.69 Å². The van der Waals surface area contributed by atoms with Crippen LogP contribution in [0.2, 0.25) is 0 Å². The van der Waals surface area contributed by atoms with Crippen LogP contribution in [0.3, 0.4) is 0 Å². The molecule has 1 aliphatic heterocycles. The third-order valence-corrected chi connectivity index (χ3v) is 6.98. The summed E-state index contributed by atoms with van der Waals surface area (Å²) in [5, 5.41) is 9.06. The number of hydrogen-bond donors (Lipinski definition) is 2. The zero-order valence-corrected chi connectivity index (χ0v) is 23.4. The third kappa shape index (κ3) is 5.14. The van der Waals surface area contributed by atoms with Crippen LogP contribution in [0.25, 0.3) is 11.3 Å². The molecule has 2 aromatic carbocycles. The summed E-state index contributed by atoms with van der Waals surface area (Å²) in [6.07, 6.45) is 1.94. The van der Waals surface area contributed by atoms with E-state index >= 15 is 0 Å². The van der Waals surface area contributed by atoms with Crippen molar-refractivity contribution in [2.45, 2.75) is 47.2 Å². The van der Waals surface area contributed by atoms with Gasteiger partial charge in [-0.15, -0.1) is 0 Å². The minimum Gasteiger partial charge on any atom is -0.493 e. The summed E-state index contributed by atoms with van der Waals surface area (Å²) < 4.78 is 14.8. The molecule has 0 saturated carbocycles. The fraction of sp³-hybridized carbons (Fsp3) is 0.345. The summed E-state index contributed by atoms with van der Waals surface area (Å²) in [6.45, 7) is 9.47. The van der Waals surface area contributed by atoms with E-state index in [2.05, 4.69) is 32.6 Å². The molecular weight excluding hydrogens is 510 g/mol. The second kappa shape index (κ2) is 11.2. The molecule has 0 saturated heterocycles. The molecule has 0 fully saturated rings. The van der Waals surface area contributed by atoms with Crippen molar-refractivity contribution in [3.63, 3.8) is 0 Å². The highest BCUT2D eigenvalue weighted by Gasteiger charge is 2.23. The predicted molar refractivity (Wildman–Crippen MR) is 150 cm³/mol. The van der Waals surface area contributed by atoms with Crippen molar-refractivity contribution < 1.29 is 14.3 Å². The van der Waals surface area contributed by atoms with E-state index in [1.165, 1.54) is 6.33 Å². The number of nitrogens with zero attached hydrogens (tertiary/aromatic N) is 5. The summed E-state index contributed by atoms with van der Waals surface area (Å²) in [5.74, 6) is 1.01. The summed E-state index contributed by atoms with van der Waals surface area (Å²) in [6, 6.07) is 10.0. The SMILES string of the molecule is CCOc1cc2c(cc1OC)-c1cc(=Nc3c(C)cc(C)cc3C)n(CCNC(=O)c3ncn[nH]3)c(=O)n1CC2. The molecule has 0 atom stereocenters. The van der Waals surface area contributed by atoms with Crippen molar-refractivity contribution in [3.05, 3.63) is 80.7 Å². The number of carbonyl (C=O) groups excluding carboxylic acids is 1. The Hall–Kier alpha value is -4.67. The molecule has 2 aromatic heterocycles. The number of fused-ring (bicyclic) bond motifs is 3. The Morgan fingerprint density at radius 1 is 1.12 bits per heavy atom. The van der Waals surface area contributed by atoms with Crippen molar-refractivity contribution in [1.82, 2.24) is 29.6 Å². The largest absolute Gasteiger partial charge is 0.493 e. The topological polar surface area (TPSA) is 128 Å². The van der Waals surface area contributed by atoms with Crippen LogP contribution in [0.1, 0.15) is 39.8 Å². The molecular formula is C29H33N7O4. The Labute approximate surface area is 231 Å². The average molecular weight is 544 g/mol. The van der Waals surface area contributed by atoms with Gasteiger partial charge in [-0.25, -0.2) is 14.8 Å². The lowest BCUT2D eigenvalue weighted by Crippen LogP contribution is -2.44. The molecule has 0 spiro atoms. The molecule has 11 nitrogen and oxygen atoms in total. The van der Waals surface area contributed by atoms with E-state index in [1.54, 1.807) is 16.2 Å². The van der Waals surface area contributed by atoms with Gasteiger partial charge in [-0.2, -0.15) is 5.10 Å². The number of nitrogens with one attached hydrogen (secondary N) is 2. The summed E-state index contributed by atoms with van der Waals surface area (Å²) >= 11 is 0. The lowest BCUT2D eigenvalue weighted by molar-refractivity contribution is 0.0942. The van der Waals surface area contributed by atoms with Gasteiger partial charge in [-0.3, -0.25) is 19.0 Å². The maximum atomic E-state index is 14.0. The number of methoxy groups -OCH3 is 1. The number of hydrogen-bond acceptors (Lipinski definition) is 7. The molecule has 5 rings (SSSR count). The maximum Gasteiger partial charge on any atom is 0.330 e. The molecule has 208 valence electrons. The van der Waals surface area contributed by atoms with Crippen molar-refractivity contribution in [2.75, 3.05) is 20.3 Å². The van der Waals surface area contributed by atoms with Crippen LogP contribution in [0, 0.1) is 20.8 Å². The second-order valence-electron chi connectivity index (χ2n) is 9.77. The highest BCUT2D eigenvalue weighted by atomic mass is 16.5. The number of amides is 1. The standard InChI is InChI=1S/C29H33N7O4/c1-6-40-24-13-20-7-9-35-22(21(20)14-23(24)39-5)15-25(33-26-18(3)11-17(2)12-19(26)4)36(29(35)38)10-8-30-28(37)27-31-16-32-34-27/h11-16H,6-10H2,1-5H3,(H,30,37)(H,31,32,34). The molecule has 0 radical (unpaired) electrons. The van der Waals surface area contributed by atoms with Crippen LogP contribution < -0.4 is 26.0 Å². The monoisotopic (exact) mass is 543 g/mol. The van der Waals surface area contributed by atoms with E-state index < -0.39 is 5.91 Å². The van der Waals surface area contributed by atoms with E-state index in [-0.39, 0.29) is 24.6 Å². The zero-order chi connectivity index (χ0) is 28.4. The minimum absolute atomic E-state index is 0.111. The van der Waals surface area contributed by atoms with Crippen LogP contribution in [-0.4, -0.2) is 50.5 Å². The Bertz CT molecular complexity index is 1680. The molecule has 0 bridgehead atoms. The van der Waals surface area contributed by atoms with Gasteiger partial charge in [-0.05, 0) is 62.9 Å². The van der Waals surface area contributed by atoms with Gasteiger partial charge in [0.25, 0.3) is 5.91 Å². The highest BCUT2D eigenvalue weighted by molar-refractivity contribution is 5.90. The van der Waals surface area contributed by atoms with Crippen molar-refractivity contribution in [3.8, 4) is 22.8 Å². The molecule has 40 heavy (non-hydrogen) atoms. The van der Waals surface area contributed by atoms with Crippen molar-refractivity contribution in [2.24, 2.45) is 4.99 Å². The molecule has 2 N–H and O–H groups in total. The number of aromatic amines is 1. The Morgan fingerprint density at radius 2 is 1.90 bits per heavy atom. The Morgan fingerprint density at radius 3 is 2.58 bits per heavy atom. The van der Waals surface area contributed by atoms with Crippen LogP contribution in [0.15, 0.2) is 46.4 Å². The zero-order valence-electron chi connectivity index (χ0n) is 23.4. The first kappa shape index (κ1) is 26.9. The number of H-pyrrole nitrogens is 1. The maximum absolute atomic E-state index is 14.0. The van der Waals surface area contributed by atoms with Gasteiger partial charge < -0.3 is 14.8 Å². The number of carbonyl (C=O) groups is 1. The summed E-state index contributed by atoms with van der Waals surface area (Å²) in [7, 11) is 1.61. The average Bonchev–Trinajstić information content (AvgIpc) is 3.47. The summed E-state index contributed by atoms with van der Waals surface area (Å²) in [4.78, 5) is 35.2. The van der Waals surface area contributed by atoms with E-state index in [9.17, 15) is 9.59 Å². The van der Waals surface area contributed by atoms with Crippen molar-refractivity contribution >= 4 is 11.6 Å². The van der Waals surface area contributed by atoms with Gasteiger partial charge in [0.2, 0.25) is 5.82 Å². The minimum atomic E-state index is -0.397. The first-order valence-corrected chi connectivity index (χ1v) is 13.3. The van der Waals surface area contributed by atoms with E-state index in [1.807, 2.05) is 45.9 Å². The molecule has 3 heterocycles. The van der Waals surface area contributed by atoms with Crippen LogP contribution in [0.5, 0.6) is 11.5 Å². The first-order chi connectivity index (χ1) is 19.3. The molecule has 4 aromatic rings. The van der Waals surface area contributed by atoms with Gasteiger partial charge in [0.1, 0.15) is 11.8 Å². The van der Waals surface area contributed by atoms with E-state index in [0.29, 0.717) is 36.6 Å². The Balaban J connectivity index is 1.64. The molecule has 1 amide bonds. The first-order valence-electron chi connectivity index (χ1n) is 13.3. The van der Waals surface area contributed by atoms with E-state index in [0.717, 1.165) is 39.2 Å². The number of ether oxygens (including phenoxy) is 2. The second-order valence-corrected chi connectivity index (χ2v) is 9.77.